The fourth-order valence-electron chi connectivity index (χ4n) is 4.21. The summed E-state index contributed by atoms with van der Waals surface area (Å²) in [6.45, 7) is 4.05. The summed E-state index contributed by atoms with van der Waals surface area (Å²) in [5.74, 6) is -0.795. The third-order valence-corrected chi connectivity index (χ3v) is 7.33. The van der Waals surface area contributed by atoms with Crippen LogP contribution in [0.1, 0.15) is 39.0 Å². The van der Waals surface area contributed by atoms with Crippen molar-refractivity contribution in [1.82, 2.24) is 9.80 Å². The fraction of sp³-hybridized carbons (Fsp3) is 0.500. The van der Waals surface area contributed by atoms with Gasteiger partial charge >= 0.3 is 11.9 Å². The lowest BCUT2D eigenvalue weighted by atomic mass is 9.98. The van der Waals surface area contributed by atoms with Crippen LogP contribution in [0.15, 0.2) is 42.5 Å². The number of carbonyl (C=O) groups excluding carboxylic acids is 1. The Morgan fingerprint density at radius 3 is 2.50 bits per heavy atom. The molecule has 4 rings (SSSR count). The number of esters is 1. The second-order valence-corrected chi connectivity index (χ2v) is 9.79. The molecule has 2 aromatic rings. The molecule has 1 N–H and O–H groups in total. The van der Waals surface area contributed by atoms with Crippen LogP contribution in [0.4, 0.5) is 0 Å². The number of piperidine rings is 1. The number of hydrogen-bond donors (Lipinski definition) is 1. The van der Waals surface area contributed by atoms with Gasteiger partial charge in [0.25, 0.3) is 0 Å². The first-order valence-electron chi connectivity index (χ1n) is 11.1. The van der Waals surface area contributed by atoms with Gasteiger partial charge in [-0.3, -0.25) is 4.90 Å². The van der Waals surface area contributed by atoms with Gasteiger partial charge in [0.05, 0.1) is 25.9 Å². The van der Waals surface area contributed by atoms with E-state index < -0.39 is 12.0 Å². The molecule has 8 heteroatoms. The highest BCUT2D eigenvalue weighted by Crippen LogP contribution is 2.31. The number of carbonyl (C=O) groups is 2. The molecule has 2 fully saturated rings. The number of nitrogens with zero attached hydrogens (tertiary/aromatic N) is 2. The van der Waals surface area contributed by atoms with E-state index in [2.05, 4.69) is 16.8 Å². The minimum absolute atomic E-state index is 0.0754. The van der Waals surface area contributed by atoms with E-state index in [0.29, 0.717) is 37.2 Å². The third-order valence-electron chi connectivity index (χ3n) is 6.27. The molecule has 0 amide bonds. The van der Waals surface area contributed by atoms with E-state index in [1.807, 2.05) is 36.4 Å². The zero-order valence-electron chi connectivity index (χ0n) is 18.3. The molecular weight excluding hydrogens is 428 g/mol. The number of thiophene rings is 1. The van der Waals surface area contributed by atoms with Gasteiger partial charge in [0.1, 0.15) is 10.9 Å². The Morgan fingerprint density at radius 1 is 1.19 bits per heavy atom. The number of carboxylic acids is 1. The van der Waals surface area contributed by atoms with Crippen molar-refractivity contribution in [3.05, 3.63) is 57.8 Å². The molecule has 2 aliphatic rings. The minimum atomic E-state index is -0.933. The van der Waals surface area contributed by atoms with Crippen LogP contribution >= 0.6 is 11.3 Å². The van der Waals surface area contributed by atoms with Crippen molar-refractivity contribution in [1.29, 1.82) is 0 Å². The lowest BCUT2D eigenvalue weighted by molar-refractivity contribution is -0.159. The maximum atomic E-state index is 13.4. The van der Waals surface area contributed by atoms with Crippen LogP contribution in [-0.2, 0) is 20.8 Å². The summed E-state index contributed by atoms with van der Waals surface area (Å²) >= 11 is 1.24. The number of ether oxygens (including phenoxy) is 2. The molecule has 1 aromatic carbocycles. The first-order valence-corrected chi connectivity index (χ1v) is 11.9. The largest absolute Gasteiger partial charge is 0.477 e. The predicted molar refractivity (Wildman–Crippen MR) is 122 cm³/mol. The molecule has 2 saturated heterocycles. The van der Waals surface area contributed by atoms with Crippen LogP contribution in [-0.4, -0.2) is 72.8 Å². The van der Waals surface area contributed by atoms with Crippen molar-refractivity contribution >= 4 is 23.3 Å². The standard InChI is InChI=1S/C24H30N2O5S/c1-25-11-9-17(10-12-25)14-31-24(29)22(18-5-3-2-4-6-18)26(19-15-30-16-19)13-20-7-8-21(32-20)23(27)28/h2-8,17,19,22H,9-16H2,1H3,(H,27,28). The minimum Gasteiger partial charge on any atom is -0.477 e. The Bertz CT molecular complexity index is 906. The zero-order chi connectivity index (χ0) is 22.5. The average molecular weight is 459 g/mol. The summed E-state index contributed by atoms with van der Waals surface area (Å²) in [5, 5.41) is 9.28. The van der Waals surface area contributed by atoms with Crippen LogP contribution in [0.25, 0.3) is 0 Å². The maximum Gasteiger partial charge on any atom is 0.345 e. The van der Waals surface area contributed by atoms with E-state index in [1.165, 1.54) is 11.3 Å². The van der Waals surface area contributed by atoms with Gasteiger partial charge in [0.15, 0.2) is 0 Å². The van der Waals surface area contributed by atoms with Crippen molar-refractivity contribution in [3.8, 4) is 0 Å². The van der Waals surface area contributed by atoms with Gasteiger partial charge in [-0.2, -0.15) is 0 Å². The SMILES string of the molecule is CN1CCC(COC(=O)C(c2ccccc2)N(Cc2ccc(C(=O)O)s2)C2COC2)CC1. The van der Waals surface area contributed by atoms with Crippen LogP contribution in [0, 0.1) is 5.92 Å². The van der Waals surface area contributed by atoms with E-state index >= 15 is 0 Å². The smallest absolute Gasteiger partial charge is 0.345 e. The van der Waals surface area contributed by atoms with Crippen molar-refractivity contribution in [3.63, 3.8) is 0 Å². The number of likely N-dealkylation sites (tertiary alicyclic amines) is 1. The van der Waals surface area contributed by atoms with Gasteiger partial charge in [-0.25, -0.2) is 9.59 Å². The highest BCUT2D eigenvalue weighted by molar-refractivity contribution is 7.13. The Hall–Kier alpha value is -2.26. The van der Waals surface area contributed by atoms with Crippen LogP contribution < -0.4 is 0 Å². The molecule has 0 aliphatic carbocycles. The number of aromatic carboxylic acids is 1. The molecule has 172 valence electrons. The molecule has 3 heterocycles. The predicted octanol–water partition coefficient (Wildman–Crippen LogP) is 3.27. The van der Waals surface area contributed by atoms with Gasteiger partial charge < -0.3 is 19.5 Å². The topological polar surface area (TPSA) is 79.3 Å². The van der Waals surface area contributed by atoms with E-state index in [1.54, 1.807) is 6.07 Å². The second kappa shape index (κ2) is 10.6. The lowest BCUT2D eigenvalue weighted by Crippen LogP contribution is -2.52. The van der Waals surface area contributed by atoms with E-state index in [0.717, 1.165) is 36.4 Å². The third kappa shape index (κ3) is 5.56. The number of benzene rings is 1. The molecule has 1 atom stereocenters. The maximum absolute atomic E-state index is 13.4. The van der Waals surface area contributed by atoms with Crippen molar-refractivity contribution in [2.24, 2.45) is 5.92 Å². The van der Waals surface area contributed by atoms with Gasteiger partial charge in [-0.1, -0.05) is 30.3 Å². The normalized spacial score (nSPS) is 18.9. The highest BCUT2D eigenvalue weighted by Gasteiger charge is 2.38. The molecule has 1 aromatic heterocycles. The molecule has 0 bridgehead atoms. The quantitative estimate of drug-likeness (QED) is 0.578. The Balaban J connectivity index is 1.53. The van der Waals surface area contributed by atoms with Gasteiger partial charge in [-0.05, 0) is 56.6 Å². The molecule has 1 unspecified atom stereocenters. The summed E-state index contributed by atoms with van der Waals surface area (Å²) in [6, 6.07) is 12.6. The van der Waals surface area contributed by atoms with Gasteiger partial charge in [0, 0.05) is 11.4 Å². The average Bonchev–Trinajstić information content (AvgIpc) is 3.22. The van der Waals surface area contributed by atoms with E-state index in [-0.39, 0.29) is 12.0 Å². The Kier molecular flexibility index (Phi) is 7.57. The summed E-state index contributed by atoms with van der Waals surface area (Å²) in [7, 11) is 2.12. The van der Waals surface area contributed by atoms with Crippen molar-refractivity contribution < 1.29 is 24.2 Å². The van der Waals surface area contributed by atoms with Crippen LogP contribution in [0.2, 0.25) is 0 Å². The Morgan fingerprint density at radius 2 is 1.91 bits per heavy atom. The lowest BCUT2D eigenvalue weighted by Gasteiger charge is -2.41. The molecule has 32 heavy (non-hydrogen) atoms. The molecule has 0 radical (unpaired) electrons. The van der Waals surface area contributed by atoms with Crippen molar-refractivity contribution in [2.75, 3.05) is 40.0 Å². The fourth-order valence-corrected chi connectivity index (χ4v) is 5.07. The van der Waals surface area contributed by atoms with Gasteiger partial charge in [0.2, 0.25) is 0 Å². The van der Waals surface area contributed by atoms with E-state index in [4.69, 9.17) is 9.47 Å². The van der Waals surface area contributed by atoms with Crippen LogP contribution in [0.5, 0.6) is 0 Å². The number of carboxylic acid groups (broad SMARTS) is 1. The number of rotatable bonds is 9. The zero-order valence-corrected chi connectivity index (χ0v) is 19.1. The first-order chi connectivity index (χ1) is 15.5. The molecule has 0 saturated carbocycles. The molecule has 0 spiro atoms. The summed E-state index contributed by atoms with van der Waals surface area (Å²) in [5.41, 5.74) is 0.878. The summed E-state index contributed by atoms with van der Waals surface area (Å²) in [4.78, 5) is 30.4. The second-order valence-electron chi connectivity index (χ2n) is 8.62. The Labute approximate surface area is 192 Å². The van der Waals surface area contributed by atoms with Gasteiger partial charge in [-0.15, -0.1) is 11.3 Å². The summed E-state index contributed by atoms with van der Waals surface area (Å²) < 4.78 is 11.3. The van der Waals surface area contributed by atoms with E-state index in [9.17, 15) is 14.7 Å². The highest BCUT2D eigenvalue weighted by atomic mass is 32.1. The monoisotopic (exact) mass is 458 g/mol. The molecule has 2 aliphatic heterocycles. The van der Waals surface area contributed by atoms with Crippen molar-refractivity contribution in [2.45, 2.75) is 31.5 Å². The number of hydrogen-bond acceptors (Lipinski definition) is 7. The first kappa shape index (κ1) is 22.9. The van der Waals surface area contributed by atoms with Crippen LogP contribution in [0.3, 0.4) is 0 Å². The summed E-state index contributed by atoms with van der Waals surface area (Å²) in [6.07, 6.45) is 2.07. The molecule has 7 nitrogen and oxygen atoms in total. The molecular formula is C24H30N2O5S.